The molecule has 10 heteroatoms. The molecule has 7 nitrogen and oxygen atoms in total. The van der Waals surface area contributed by atoms with Crippen LogP contribution < -0.4 is 0 Å². The molecule has 2 aromatic rings. The highest BCUT2D eigenvalue weighted by Crippen LogP contribution is 2.26. The van der Waals surface area contributed by atoms with E-state index in [2.05, 4.69) is 16.4 Å². The molecule has 1 saturated heterocycles. The van der Waals surface area contributed by atoms with Gasteiger partial charge in [0.05, 0.1) is 6.54 Å². The van der Waals surface area contributed by atoms with Gasteiger partial charge in [0.15, 0.2) is 4.90 Å². The van der Waals surface area contributed by atoms with Crippen LogP contribution in [0.4, 0.5) is 8.78 Å². The van der Waals surface area contributed by atoms with E-state index in [4.69, 9.17) is 0 Å². The molecule has 1 atom stereocenters. The lowest BCUT2D eigenvalue weighted by molar-refractivity contribution is -0.134. The van der Waals surface area contributed by atoms with Gasteiger partial charge >= 0.3 is 0 Å². The Morgan fingerprint density at radius 3 is 2.33 bits per heavy atom. The van der Waals surface area contributed by atoms with Gasteiger partial charge in [-0.15, -0.1) is 0 Å². The average Bonchev–Trinajstić information content (AvgIpc) is 3.19. The van der Waals surface area contributed by atoms with E-state index in [1.54, 1.807) is 4.90 Å². The summed E-state index contributed by atoms with van der Waals surface area (Å²) in [6.07, 6.45) is 2.03. The molecule has 0 aliphatic carbocycles. The highest BCUT2D eigenvalue weighted by Gasteiger charge is 2.35. The summed E-state index contributed by atoms with van der Waals surface area (Å²) >= 11 is 0. The Bertz CT molecular complexity index is 1030. The smallest absolute Gasteiger partial charge is 0.249 e. The first-order valence-electron chi connectivity index (χ1n) is 9.90. The highest BCUT2D eigenvalue weighted by atomic mass is 32.2. The quantitative estimate of drug-likeness (QED) is 0.729. The molecule has 2 aliphatic heterocycles. The standard InChI is InChI=1S/C20H24F2N4O3S/c1-15-18-6-3-7-23(18)8-9-25(15)14-19(27)24-10-12-26(13-11-24)30(28,29)20-16(21)4-2-5-17(20)22/h2-7,15H,8-14H2,1H3. The molecule has 0 spiro atoms. The Morgan fingerprint density at radius 2 is 1.67 bits per heavy atom. The lowest BCUT2D eigenvalue weighted by Gasteiger charge is -2.38. The molecule has 1 fully saturated rings. The van der Waals surface area contributed by atoms with Crippen LogP contribution in [0.5, 0.6) is 0 Å². The van der Waals surface area contributed by atoms with Gasteiger partial charge < -0.3 is 9.47 Å². The van der Waals surface area contributed by atoms with Crippen molar-refractivity contribution in [2.45, 2.75) is 24.4 Å². The molecule has 1 unspecified atom stereocenters. The van der Waals surface area contributed by atoms with Crippen molar-refractivity contribution in [1.82, 2.24) is 18.7 Å². The molecule has 30 heavy (non-hydrogen) atoms. The minimum atomic E-state index is -4.30. The van der Waals surface area contributed by atoms with Crippen LogP contribution in [0.2, 0.25) is 0 Å². The summed E-state index contributed by atoms with van der Waals surface area (Å²) in [5.74, 6) is -2.30. The summed E-state index contributed by atoms with van der Waals surface area (Å²) in [6.45, 7) is 4.27. The molecule has 3 heterocycles. The van der Waals surface area contributed by atoms with Crippen molar-refractivity contribution in [3.05, 3.63) is 53.9 Å². The van der Waals surface area contributed by atoms with Crippen molar-refractivity contribution in [3.8, 4) is 0 Å². The van der Waals surface area contributed by atoms with E-state index in [0.717, 1.165) is 41.3 Å². The predicted octanol–water partition coefficient (Wildman–Crippen LogP) is 1.68. The maximum absolute atomic E-state index is 14.0. The lowest BCUT2D eigenvalue weighted by atomic mass is 10.1. The van der Waals surface area contributed by atoms with Crippen molar-refractivity contribution in [2.75, 3.05) is 39.3 Å². The Labute approximate surface area is 174 Å². The molecule has 162 valence electrons. The first kappa shape index (κ1) is 21.0. The molecule has 0 saturated carbocycles. The van der Waals surface area contributed by atoms with Gasteiger partial charge in [0, 0.05) is 57.2 Å². The summed E-state index contributed by atoms with van der Waals surface area (Å²) in [5, 5.41) is 0. The predicted molar refractivity (Wildman–Crippen MR) is 106 cm³/mol. The van der Waals surface area contributed by atoms with Crippen molar-refractivity contribution >= 4 is 15.9 Å². The van der Waals surface area contributed by atoms with E-state index in [1.807, 2.05) is 18.3 Å². The Hall–Kier alpha value is -2.30. The first-order chi connectivity index (χ1) is 14.3. The fraction of sp³-hybridized carbons (Fsp3) is 0.450. The summed E-state index contributed by atoms with van der Waals surface area (Å²) < 4.78 is 56.5. The van der Waals surface area contributed by atoms with Crippen molar-refractivity contribution in [2.24, 2.45) is 0 Å². The molecule has 1 amide bonds. The van der Waals surface area contributed by atoms with Crippen LogP contribution in [0.1, 0.15) is 18.7 Å². The lowest BCUT2D eigenvalue weighted by Crippen LogP contribution is -2.53. The number of amides is 1. The minimum absolute atomic E-state index is 0.000250. The molecule has 1 aromatic heterocycles. The van der Waals surface area contributed by atoms with E-state index in [-0.39, 0.29) is 44.7 Å². The number of hydrogen-bond donors (Lipinski definition) is 0. The van der Waals surface area contributed by atoms with Crippen molar-refractivity contribution in [1.29, 1.82) is 0 Å². The molecule has 0 radical (unpaired) electrons. The number of piperazine rings is 1. The number of hydrogen-bond acceptors (Lipinski definition) is 4. The molecular formula is C20H24F2N4O3S. The topological polar surface area (TPSA) is 65.9 Å². The third-order valence-corrected chi connectivity index (χ3v) is 7.87. The Kier molecular flexibility index (Phi) is 5.65. The third kappa shape index (κ3) is 3.75. The number of sulfonamides is 1. The minimum Gasteiger partial charge on any atom is -0.349 e. The average molecular weight is 439 g/mol. The van der Waals surface area contributed by atoms with Crippen LogP contribution in [-0.4, -0.2) is 72.3 Å². The number of halogens is 2. The molecule has 2 aliphatic rings. The molecular weight excluding hydrogens is 414 g/mol. The summed E-state index contributed by atoms with van der Waals surface area (Å²) in [5.41, 5.74) is 1.16. The second kappa shape index (κ2) is 8.09. The van der Waals surface area contributed by atoms with Gasteiger partial charge in [-0.2, -0.15) is 4.31 Å². The first-order valence-corrected chi connectivity index (χ1v) is 11.3. The summed E-state index contributed by atoms with van der Waals surface area (Å²) in [7, 11) is -4.30. The third-order valence-electron chi connectivity index (χ3n) is 5.92. The summed E-state index contributed by atoms with van der Waals surface area (Å²) in [4.78, 5) is 15.6. The number of fused-ring (bicyclic) bond motifs is 1. The van der Waals surface area contributed by atoms with E-state index >= 15 is 0 Å². The van der Waals surface area contributed by atoms with Crippen LogP contribution in [0.25, 0.3) is 0 Å². The fourth-order valence-corrected chi connectivity index (χ4v) is 5.68. The normalized spacial score (nSPS) is 20.9. The summed E-state index contributed by atoms with van der Waals surface area (Å²) in [6, 6.07) is 7.13. The maximum atomic E-state index is 14.0. The maximum Gasteiger partial charge on any atom is 0.249 e. The molecule has 0 N–H and O–H groups in total. The number of aromatic nitrogens is 1. The van der Waals surface area contributed by atoms with Gasteiger partial charge in [0.2, 0.25) is 15.9 Å². The number of nitrogens with zero attached hydrogens (tertiary/aromatic N) is 4. The number of rotatable bonds is 4. The fourth-order valence-electron chi connectivity index (χ4n) is 4.15. The van der Waals surface area contributed by atoms with Gasteiger partial charge in [-0.25, -0.2) is 17.2 Å². The van der Waals surface area contributed by atoms with Gasteiger partial charge in [-0.3, -0.25) is 9.69 Å². The zero-order valence-corrected chi connectivity index (χ0v) is 17.5. The molecule has 4 rings (SSSR count). The monoisotopic (exact) mass is 438 g/mol. The van der Waals surface area contributed by atoms with Crippen LogP contribution in [0, 0.1) is 11.6 Å². The highest BCUT2D eigenvalue weighted by molar-refractivity contribution is 7.89. The van der Waals surface area contributed by atoms with Crippen LogP contribution in [-0.2, 0) is 21.4 Å². The van der Waals surface area contributed by atoms with E-state index in [1.165, 1.54) is 0 Å². The zero-order chi connectivity index (χ0) is 21.5. The van der Waals surface area contributed by atoms with Gasteiger partial charge in [0.25, 0.3) is 0 Å². The molecule has 1 aromatic carbocycles. The van der Waals surface area contributed by atoms with Crippen LogP contribution in [0.15, 0.2) is 41.4 Å². The number of carbonyl (C=O) groups excluding carboxylic acids is 1. The van der Waals surface area contributed by atoms with Gasteiger partial charge in [0.1, 0.15) is 11.6 Å². The Balaban J connectivity index is 1.38. The van der Waals surface area contributed by atoms with E-state index < -0.39 is 26.6 Å². The number of carbonyl (C=O) groups is 1. The van der Waals surface area contributed by atoms with Crippen LogP contribution >= 0.6 is 0 Å². The van der Waals surface area contributed by atoms with Crippen LogP contribution in [0.3, 0.4) is 0 Å². The van der Waals surface area contributed by atoms with E-state index in [9.17, 15) is 22.0 Å². The Morgan fingerprint density at radius 1 is 1.00 bits per heavy atom. The zero-order valence-electron chi connectivity index (χ0n) is 16.7. The number of benzene rings is 1. The van der Waals surface area contributed by atoms with Gasteiger partial charge in [-0.05, 0) is 31.2 Å². The largest absolute Gasteiger partial charge is 0.349 e. The molecule has 0 bridgehead atoms. The second-order valence-electron chi connectivity index (χ2n) is 7.61. The van der Waals surface area contributed by atoms with E-state index in [0.29, 0.717) is 0 Å². The van der Waals surface area contributed by atoms with Crippen molar-refractivity contribution < 1.29 is 22.0 Å². The SMILES string of the molecule is CC1c2cccn2CCN1CC(=O)N1CCN(S(=O)(=O)c2c(F)cccc2F)CC1. The van der Waals surface area contributed by atoms with Crippen molar-refractivity contribution in [3.63, 3.8) is 0 Å². The second-order valence-corrected chi connectivity index (χ2v) is 9.48. The van der Waals surface area contributed by atoms with Gasteiger partial charge in [-0.1, -0.05) is 6.07 Å².